The number of aromatic amines is 1. The Hall–Kier alpha value is -2.37. The molecule has 1 aromatic carbocycles. The van der Waals surface area contributed by atoms with Gasteiger partial charge in [-0.1, -0.05) is 24.3 Å². The first-order chi connectivity index (χ1) is 13.6. The number of hydrogen-bond donors (Lipinski definition) is 1. The van der Waals surface area contributed by atoms with E-state index < -0.39 is 0 Å². The number of benzene rings is 1. The number of H-pyrrole nitrogens is 1. The highest BCUT2D eigenvalue weighted by Crippen LogP contribution is 2.36. The minimum absolute atomic E-state index is 0.00878. The van der Waals surface area contributed by atoms with Crippen LogP contribution in [0.4, 0.5) is 0 Å². The molecule has 0 bridgehead atoms. The smallest absolute Gasteiger partial charge is 0.274 e. The van der Waals surface area contributed by atoms with E-state index in [1.807, 2.05) is 18.5 Å². The van der Waals surface area contributed by atoms with Crippen LogP contribution in [0.25, 0.3) is 22.0 Å². The molecule has 2 aliphatic heterocycles. The van der Waals surface area contributed by atoms with Crippen LogP contribution in [0.3, 0.4) is 0 Å². The number of ether oxygens (including phenoxy) is 1. The van der Waals surface area contributed by atoms with Crippen molar-refractivity contribution >= 4 is 10.9 Å². The Kier molecular flexibility index (Phi) is 4.37. The Bertz CT molecular complexity index is 1030. The molecule has 2 aliphatic rings. The van der Waals surface area contributed by atoms with E-state index in [9.17, 15) is 4.79 Å². The van der Waals surface area contributed by atoms with Crippen molar-refractivity contribution in [1.29, 1.82) is 0 Å². The summed E-state index contributed by atoms with van der Waals surface area (Å²) in [6, 6.07) is 10.8. The first-order valence-corrected chi connectivity index (χ1v) is 10.3. The number of pyridine rings is 1. The van der Waals surface area contributed by atoms with Crippen LogP contribution < -0.4 is 5.56 Å². The number of rotatable bonds is 3. The maximum absolute atomic E-state index is 12.3. The molecule has 5 nitrogen and oxygen atoms in total. The lowest BCUT2D eigenvalue weighted by Gasteiger charge is -2.38. The summed E-state index contributed by atoms with van der Waals surface area (Å²) in [5, 5.41) is 0.980. The zero-order chi connectivity index (χ0) is 19.1. The molecule has 28 heavy (non-hydrogen) atoms. The van der Waals surface area contributed by atoms with Gasteiger partial charge in [-0.2, -0.15) is 0 Å². The van der Waals surface area contributed by atoms with Crippen LogP contribution in [-0.4, -0.2) is 39.7 Å². The van der Waals surface area contributed by atoms with Crippen molar-refractivity contribution in [3.63, 3.8) is 0 Å². The fraction of sp³-hybridized carbons (Fsp3) is 0.435. The normalized spacial score (nSPS) is 19.6. The predicted molar refractivity (Wildman–Crippen MR) is 111 cm³/mol. The summed E-state index contributed by atoms with van der Waals surface area (Å²) in [4.78, 5) is 17.9. The van der Waals surface area contributed by atoms with Gasteiger partial charge in [0.25, 0.3) is 5.56 Å². The summed E-state index contributed by atoms with van der Waals surface area (Å²) in [5.74, 6) is 0. The second-order valence-corrected chi connectivity index (χ2v) is 8.33. The molecule has 2 aromatic heterocycles. The Morgan fingerprint density at radius 2 is 1.89 bits per heavy atom. The number of piperidine rings is 1. The Labute approximate surface area is 164 Å². The molecule has 0 saturated carbocycles. The molecule has 2 saturated heterocycles. The number of aryl methyl sites for hydroxylation is 1. The highest BCUT2D eigenvalue weighted by molar-refractivity contribution is 5.94. The van der Waals surface area contributed by atoms with Crippen LogP contribution in [0.5, 0.6) is 0 Å². The molecule has 146 valence electrons. The number of fused-ring (bicyclic) bond motifs is 1. The lowest BCUT2D eigenvalue weighted by molar-refractivity contribution is -0.0447. The minimum Gasteiger partial charge on any atom is -0.375 e. The highest BCUT2D eigenvalue weighted by Gasteiger charge is 2.38. The third kappa shape index (κ3) is 3.09. The summed E-state index contributed by atoms with van der Waals surface area (Å²) in [5.41, 5.74) is 4.42. The Balaban J connectivity index is 1.30. The largest absolute Gasteiger partial charge is 0.375 e. The molecule has 4 heterocycles. The second kappa shape index (κ2) is 6.90. The summed E-state index contributed by atoms with van der Waals surface area (Å²) in [6.45, 7) is 4.17. The summed E-state index contributed by atoms with van der Waals surface area (Å²) in [7, 11) is 1.78. The molecular weight excluding hydrogens is 350 g/mol. The molecule has 2 fully saturated rings. The van der Waals surface area contributed by atoms with Crippen LogP contribution in [0.2, 0.25) is 0 Å². The monoisotopic (exact) mass is 377 g/mol. The van der Waals surface area contributed by atoms with Crippen molar-refractivity contribution in [2.45, 2.75) is 37.8 Å². The number of likely N-dealkylation sites (tertiary alicyclic amines) is 1. The molecule has 3 aromatic rings. The van der Waals surface area contributed by atoms with E-state index in [-0.39, 0.29) is 11.2 Å². The van der Waals surface area contributed by atoms with Gasteiger partial charge in [-0.3, -0.25) is 9.69 Å². The van der Waals surface area contributed by atoms with Crippen LogP contribution in [0, 0.1) is 0 Å². The summed E-state index contributed by atoms with van der Waals surface area (Å²) in [6.07, 6.45) is 8.55. The number of nitrogens with zero attached hydrogens (tertiary/aromatic N) is 2. The molecule has 0 amide bonds. The van der Waals surface area contributed by atoms with Gasteiger partial charge in [-0.25, -0.2) is 0 Å². The van der Waals surface area contributed by atoms with Crippen molar-refractivity contribution in [2.24, 2.45) is 7.05 Å². The lowest BCUT2D eigenvalue weighted by atomic mass is 9.88. The molecule has 0 unspecified atom stereocenters. The quantitative estimate of drug-likeness (QED) is 0.758. The average Bonchev–Trinajstić information content (AvgIpc) is 3.35. The van der Waals surface area contributed by atoms with Gasteiger partial charge >= 0.3 is 0 Å². The fourth-order valence-corrected chi connectivity index (χ4v) is 4.77. The molecular formula is C23H27N3O2. The van der Waals surface area contributed by atoms with Gasteiger partial charge in [0.05, 0.1) is 5.60 Å². The van der Waals surface area contributed by atoms with E-state index in [0.29, 0.717) is 5.52 Å². The van der Waals surface area contributed by atoms with Crippen LogP contribution in [-0.2, 0) is 18.3 Å². The van der Waals surface area contributed by atoms with Gasteiger partial charge in [-0.05, 0) is 42.9 Å². The standard InChI is InChI=1S/C23H27N3O2/c1-25-11-7-19-20(15-24-21(19)22(25)27)18-5-3-17(4-6-18)16-26-12-9-23(10-13-26)8-2-14-28-23/h3-7,11,15,24H,2,8-10,12-14,16H2,1H3. The maximum Gasteiger partial charge on any atom is 0.274 e. The first-order valence-electron chi connectivity index (χ1n) is 10.3. The van der Waals surface area contributed by atoms with E-state index in [0.717, 1.165) is 55.6 Å². The van der Waals surface area contributed by atoms with Gasteiger partial charge in [0.1, 0.15) is 5.52 Å². The summed E-state index contributed by atoms with van der Waals surface area (Å²) < 4.78 is 7.64. The zero-order valence-corrected chi connectivity index (χ0v) is 16.4. The average molecular weight is 377 g/mol. The number of hydrogen-bond acceptors (Lipinski definition) is 3. The fourth-order valence-electron chi connectivity index (χ4n) is 4.77. The van der Waals surface area contributed by atoms with E-state index in [4.69, 9.17) is 4.74 Å². The van der Waals surface area contributed by atoms with Crippen molar-refractivity contribution < 1.29 is 4.74 Å². The molecule has 1 N–H and O–H groups in total. The second-order valence-electron chi connectivity index (χ2n) is 8.33. The molecule has 0 atom stereocenters. The highest BCUT2D eigenvalue weighted by atomic mass is 16.5. The third-order valence-electron chi connectivity index (χ3n) is 6.54. The first kappa shape index (κ1) is 17.7. The van der Waals surface area contributed by atoms with Crippen LogP contribution in [0.15, 0.2) is 47.5 Å². The zero-order valence-electron chi connectivity index (χ0n) is 16.4. The maximum atomic E-state index is 12.3. The number of aromatic nitrogens is 2. The Morgan fingerprint density at radius 3 is 2.61 bits per heavy atom. The van der Waals surface area contributed by atoms with Crippen molar-refractivity contribution in [1.82, 2.24) is 14.5 Å². The van der Waals surface area contributed by atoms with Crippen molar-refractivity contribution in [2.75, 3.05) is 19.7 Å². The molecule has 5 rings (SSSR count). The van der Waals surface area contributed by atoms with Gasteiger partial charge in [0.2, 0.25) is 0 Å². The van der Waals surface area contributed by atoms with Crippen molar-refractivity contribution in [3.05, 3.63) is 58.6 Å². The van der Waals surface area contributed by atoms with E-state index in [2.05, 4.69) is 34.1 Å². The van der Waals surface area contributed by atoms with E-state index >= 15 is 0 Å². The molecule has 5 heteroatoms. The van der Waals surface area contributed by atoms with Gasteiger partial charge in [0, 0.05) is 56.6 Å². The summed E-state index contributed by atoms with van der Waals surface area (Å²) >= 11 is 0. The van der Waals surface area contributed by atoms with Gasteiger partial charge in [0.15, 0.2) is 0 Å². The van der Waals surface area contributed by atoms with Crippen LogP contribution >= 0.6 is 0 Å². The third-order valence-corrected chi connectivity index (χ3v) is 6.54. The van der Waals surface area contributed by atoms with E-state index in [1.165, 1.54) is 18.4 Å². The van der Waals surface area contributed by atoms with Gasteiger partial charge < -0.3 is 14.3 Å². The lowest BCUT2D eigenvalue weighted by Crippen LogP contribution is -2.43. The minimum atomic E-state index is 0.00878. The van der Waals surface area contributed by atoms with Crippen molar-refractivity contribution in [3.8, 4) is 11.1 Å². The predicted octanol–water partition coefficient (Wildman–Crippen LogP) is 3.68. The Morgan fingerprint density at radius 1 is 1.11 bits per heavy atom. The number of nitrogens with one attached hydrogen (secondary N) is 1. The molecule has 0 radical (unpaired) electrons. The molecule has 0 aliphatic carbocycles. The topological polar surface area (TPSA) is 50.3 Å². The van der Waals surface area contributed by atoms with Gasteiger partial charge in [-0.15, -0.1) is 0 Å². The van der Waals surface area contributed by atoms with Crippen LogP contribution in [0.1, 0.15) is 31.2 Å². The van der Waals surface area contributed by atoms with E-state index in [1.54, 1.807) is 11.6 Å². The molecule has 1 spiro atoms. The SMILES string of the molecule is Cn1ccc2c(-c3ccc(CN4CCC5(CCCO5)CC4)cc3)c[nH]c2c1=O.